The number of hydrogen-bond acceptors (Lipinski definition) is 4. The number of carbonyl (C=O) groups is 1. The minimum Gasteiger partial charge on any atom is -0.478 e. The average Bonchev–Trinajstić information content (AvgIpc) is 3.16. The molecule has 1 aliphatic rings. The smallest absolute Gasteiger partial charge is 0.263 e. The number of hydrogen-bond donors (Lipinski definition) is 0. The third kappa shape index (κ3) is 4.15. The summed E-state index contributed by atoms with van der Waals surface area (Å²) in [6.07, 6.45) is 0.354. The van der Waals surface area contributed by atoms with E-state index in [0.29, 0.717) is 25.9 Å². The van der Waals surface area contributed by atoms with Crippen molar-refractivity contribution < 1.29 is 18.3 Å². The number of thiazole rings is 1. The molecule has 4 nitrogen and oxygen atoms in total. The summed E-state index contributed by atoms with van der Waals surface area (Å²) in [5, 5.41) is 0.818. The van der Waals surface area contributed by atoms with Crippen LogP contribution in [0, 0.1) is 11.6 Å². The van der Waals surface area contributed by atoms with Crippen molar-refractivity contribution in [3.63, 3.8) is 0 Å². The van der Waals surface area contributed by atoms with Gasteiger partial charge in [-0.2, -0.15) is 0 Å². The number of nitrogens with zero attached hydrogens (tertiary/aromatic N) is 2. The maximum Gasteiger partial charge on any atom is 0.263 e. The Morgan fingerprint density at radius 1 is 1.21 bits per heavy atom. The number of amides is 1. The standard InChI is InChI=1S/C22H20F2N2O2S/c1-2-18(28-19-6-4-3-5-16(19)24)22(27)26-12-11-17-20(13-26)29-21(25-17)14-7-9-15(23)10-8-14/h3-10,18H,2,11-13H2,1H3. The van der Waals surface area contributed by atoms with Gasteiger partial charge >= 0.3 is 0 Å². The van der Waals surface area contributed by atoms with Gasteiger partial charge in [0.2, 0.25) is 0 Å². The van der Waals surface area contributed by atoms with Gasteiger partial charge in [0.15, 0.2) is 17.7 Å². The highest BCUT2D eigenvalue weighted by Gasteiger charge is 2.30. The topological polar surface area (TPSA) is 42.4 Å². The molecule has 1 atom stereocenters. The zero-order valence-corrected chi connectivity index (χ0v) is 16.7. The first-order valence-electron chi connectivity index (χ1n) is 9.49. The van der Waals surface area contributed by atoms with Crippen LogP contribution in [0.25, 0.3) is 10.6 Å². The summed E-state index contributed by atoms with van der Waals surface area (Å²) in [6, 6.07) is 12.3. The van der Waals surface area contributed by atoms with Crippen LogP contribution >= 0.6 is 11.3 Å². The molecule has 2 aromatic carbocycles. The van der Waals surface area contributed by atoms with E-state index in [1.165, 1.54) is 35.6 Å². The highest BCUT2D eigenvalue weighted by atomic mass is 32.1. The molecule has 0 saturated heterocycles. The summed E-state index contributed by atoms with van der Waals surface area (Å²) in [5.74, 6) is -0.835. The molecule has 2 heterocycles. The summed E-state index contributed by atoms with van der Waals surface area (Å²) in [5.41, 5.74) is 1.83. The molecule has 0 spiro atoms. The van der Waals surface area contributed by atoms with Gasteiger partial charge in [0, 0.05) is 23.4 Å². The van der Waals surface area contributed by atoms with Gasteiger partial charge in [0.1, 0.15) is 10.8 Å². The minimum absolute atomic E-state index is 0.0850. The molecule has 0 aliphatic carbocycles. The van der Waals surface area contributed by atoms with E-state index in [-0.39, 0.29) is 17.5 Å². The molecule has 0 fully saturated rings. The lowest BCUT2D eigenvalue weighted by Crippen LogP contribution is -2.44. The van der Waals surface area contributed by atoms with E-state index in [1.807, 2.05) is 6.92 Å². The van der Waals surface area contributed by atoms with E-state index in [9.17, 15) is 13.6 Å². The Bertz CT molecular complexity index is 1020. The van der Waals surface area contributed by atoms with E-state index in [1.54, 1.807) is 29.2 Å². The number of rotatable bonds is 5. The fourth-order valence-electron chi connectivity index (χ4n) is 3.31. The molecule has 1 aliphatic heterocycles. The Morgan fingerprint density at radius 3 is 2.69 bits per heavy atom. The number of fused-ring (bicyclic) bond motifs is 1. The normalized spacial score (nSPS) is 14.4. The van der Waals surface area contributed by atoms with Crippen molar-refractivity contribution in [2.45, 2.75) is 32.4 Å². The van der Waals surface area contributed by atoms with Gasteiger partial charge in [-0.3, -0.25) is 4.79 Å². The van der Waals surface area contributed by atoms with Crippen molar-refractivity contribution in [1.82, 2.24) is 9.88 Å². The minimum atomic E-state index is -0.738. The average molecular weight is 414 g/mol. The number of ether oxygens (including phenoxy) is 1. The summed E-state index contributed by atoms with van der Waals surface area (Å²) >= 11 is 1.51. The molecule has 1 aromatic heterocycles. The number of aromatic nitrogens is 1. The third-order valence-corrected chi connectivity index (χ3v) is 6.02. The van der Waals surface area contributed by atoms with Crippen molar-refractivity contribution in [2.24, 2.45) is 0 Å². The Kier molecular flexibility index (Phi) is 5.58. The molecule has 150 valence electrons. The molecule has 0 bridgehead atoms. The molecule has 0 radical (unpaired) electrons. The van der Waals surface area contributed by atoms with Crippen LogP contribution in [0.5, 0.6) is 5.75 Å². The Morgan fingerprint density at radius 2 is 1.97 bits per heavy atom. The second-order valence-electron chi connectivity index (χ2n) is 6.85. The molecule has 29 heavy (non-hydrogen) atoms. The largest absolute Gasteiger partial charge is 0.478 e. The zero-order chi connectivity index (χ0) is 20.4. The second kappa shape index (κ2) is 8.29. The fourth-order valence-corrected chi connectivity index (χ4v) is 4.43. The summed E-state index contributed by atoms with van der Waals surface area (Å²) in [4.78, 5) is 20.4. The van der Waals surface area contributed by atoms with Crippen LogP contribution in [0.3, 0.4) is 0 Å². The Balaban J connectivity index is 1.49. The van der Waals surface area contributed by atoms with E-state index >= 15 is 0 Å². The molecular weight excluding hydrogens is 394 g/mol. The van der Waals surface area contributed by atoms with E-state index in [4.69, 9.17) is 4.74 Å². The zero-order valence-electron chi connectivity index (χ0n) is 15.9. The highest BCUT2D eigenvalue weighted by molar-refractivity contribution is 7.15. The molecular formula is C22H20F2N2O2S. The van der Waals surface area contributed by atoms with Crippen LogP contribution < -0.4 is 4.74 Å². The van der Waals surface area contributed by atoms with E-state index < -0.39 is 11.9 Å². The van der Waals surface area contributed by atoms with Crippen LogP contribution in [0.1, 0.15) is 23.9 Å². The molecule has 0 N–H and O–H groups in total. The van der Waals surface area contributed by atoms with Crippen molar-refractivity contribution in [3.05, 3.63) is 70.7 Å². The molecule has 4 rings (SSSR count). The first-order chi connectivity index (χ1) is 14.0. The first-order valence-corrected chi connectivity index (χ1v) is 10.3. The number of carbonyl (C=O) groups excluding carboxylic acids is 1. The monoisotopic (exact) mass is 414 g/mol. The van der Waals surface area contributed by atoms with E-state index in [2.05, 4.69) is 4.98 Å². The molecule has 1 amide bonds. The fraction of sp³-hybridized carbons (Fsp3) is 0.273. The van der Waals surface area contributed by atoms with Crippen LogP contribution in [-0.4, -0.2) is 28.4 Å². The van der Waals surface area contributed by atoms with Crippen LogP contribution in [0.15, 0.2) is 48.5 Å². The third-order valence-electron chi connectivity index (χ3n) is 4.89. The van der Waals surface area contributed by atoms with Crippen molar-refractivity contribution in [1.29, 1.82) is 0 Å². The lowest BCUT2D eigenvalue weighted by molar-refractivity contribution is -0.139. The van der Waals surface area contributed by atoms with Crippen LogP contribution in [0.2, 0.25) is 0 Å². The summed E-state index contributed by atoms with van der Waals surface area (Å²) < 4.78 is 32.7. The molecule has 3 aromatic rings. The van der Waals surface area contributed by atoms with Crippen LogP contribution in [0.4, 0.5) is 8.78 Å². The van der Waals surface area contributed by atoms with Gasteiger partial charge in [-0.25, -0.2) is 13.8 Å². The Hall–Kier alpha value is -2.80. The molecule has 7 heteroatoms. The number of para-hydroxylation sites is 1. The van der Waals surface area contributed by atoms with Gasteiger partial charge in [-0.05, 0) is 42.8 Å². The molecule has 1 unspecified atom stereocenters. The summed E-state index contributed by atoms with van der Waals surface area (Å²) in [6.45, 7) is 2.83. The summed E-state index contributed by atoms with van der Waals surface area (Å²) in [7, 11) is 0. The lowest BCUT2D eigenvalue weighted by Gasteiger charge is -2.29. The van der Waals surface area contributed by atoms with Crippen molar-refractivity contribution in [3.8, 4) is 16.3 Å². The van der Waals surface area contributed by atoms with Crippen molar-refractivity contribution >= 4 is 17.2 Å². The van der Waals surface area contributed by atoms with Gasteiger partial charge in [-0.1, -0.05) is 19.1 Å². The quantitative estimate of drug-likeness (QED) is 0.601. The van der Waals surface area contributed by atoms with Gasteiger partial charge in [-0.15, -0.1) is 11.3 Å². The van der Waals surface area contributed by atoms with E-state index in [0.717, 1.165) is 21.1 Å². The van der Waals surface area contributed by atoms with Gasteiger partial charge in [0.05, 0.1) is 12.2 Å². The predicted molar refractivity (Wildman–Crippen MR) is 108 cm³/mol. The second-order valence-corrected chi connectivity index (χ2v) is 7.93. The maximum absolute atomic E-state index is 13.9. The number of benzene rings is 2. The maximum atomic E-state index is 13.9. The lowest BCUT2D eigenvalue weighted by atomic mass is 10.1. The van der Waals surface area contributed by atoms with Gasteiger partial charge < -0.3 is 9.64 Å². The molecule has 0 saturated carbocycles. The first kappa shape index (κ1) is 19.5. The van der Waals surface area contributed by atoms with Gasteiger partial charge in [0.25, 0.3) is 5.91 Å². The SMILES string of the molecule is CCC(Oc1ccccc1F)C(=O)N1CCc2nc(-c3ccc(F)cc3)sc2C1. The number of halogens is 2. The van der Waals surface area contributed by atoms with Crippen molar-refractivity contribution in [2.75, 3.05) is 6.54 Å². The Labute approximate surface area is 171 Å². The van der Waals surface area contributed by atoms with Crippen LogP contribution in [-0.2, 0) is 17.8 Å². The highest BCUT2D eigenvalue weighted by Crippen LogP contribution is 2.32. The predicted octanol–water partition coefficient (Wildman–Crippen LogP) is 4.83.